The Morgan fingerprint density at radius 3 is 2.32 bits per heavy atom. The summed E-state index contributed by atoms with van der Waals surface area (Å²) in [7, 11) is 0. The molecule has 2 heterocycles. The van der Waals surface area contributed by atoms with Crippen LogP contribution in [0.3, 0.4) is 0 Å². The molecule has 2 fully saturated rings. The second-order valence-corrected chi connectivity index (χ2v) is 6.74. The lowest BCUT2D eigenvalue weighted by molar-refractivity contribution is -0.142. The van der Waals surface area contributed by atoms with Crippen molar-refractivity contribution in [3.8, 4) is 0 Å². The highest BCUT2D eigenvalue weighted by Gasteiger charge is 2.30. The predicted molar refractivity (Wildman–Crippen MR) is 90.8 cm³/mol. The van der Waals surface area contributed by atoms with Gasteiger partial charge in [0.1, 0.15) is 0 Å². The van der Waals surface area contributed by atoms with Crippen LogP contribution in [0.15, 0.2) is 22.8 Å². The number of furan rings is 1. The first-order valence-corrected chi connectivity index (χ1v) is 8.94. The van der Waals surface area contributed by atoms with Gasteiger partial charge < -0.3 is 19.1 Å². The van der Waals surface area contributed by atoms with Crippen LogP contribution in [0.2, 0.25) is 0 Å². The second kappa shape index (κ2) is 7.72. The molecule has 0 unspecified atom stereocenters. The summed E-state index contributed by atoms with van der Waals surface area (Å²) in [6.45, 7) is 3.62. The minimum Gasteiger partial charge on any atom is -0.459 e. The third-order valence-electron chi connectivity index (χ3n) is 5.13. The van der Waals surface area contributed by atoms with Crippen molar-refractivity contribution in [1.82, 2.24) is 14.7 Å². The van der Waals surface area contributed by atoms with E-state index in [1.54, 1.807) is 26.8 Å². The van der Waals surface area contributed by atoms with Crippen LogP contribution >= 0.6 is 0 Å². The topological polar surface area (TPSA) is 74.1 Å². The van der Waals surface area contributed by atoms with Crippen LogP contribution in [-0.4, -0.2) is 71.2 Å². The SMILES string of the molecule is CC(=O)N(CC(=O)N1CCN(C(=O)c2ccco2)CC1)C1CCCC1. The molecule has 25 heavy (non-hydrogen) atoms. The average Bonchev–Trinajstić information content (AvgIpc) is 3.32. The van der Waals surface area contributed by atoms with Gasteiger partial charge in [-0.05, 0) is 25.0 Å². The largest absolute Gasteiger partial charge is 0.459 e. The van der Waals surface area contributed by atoms with E-state index < -0.39 is 0 Å². The van der Waals surface area contributed by atoms with Crippen molar-refractivity contribution < 1.29 is 18.8 Å². The van der Waals surface area contributed by atoms with Gasteiger partial charge in [-0.3, -0.25) is 14.4 Å². The molecular formula is C18H25N3O4. The third-order valence-corrected chi connectivity index (χ3v) is 5.13. The Morgan fingerprint density at radius 2 is 1.76 bits per heavy atom. The van der Waals surface area contributed by atoms with Crippen molar-refractivity contribution in [3.63, 3.8) is 0 Å². The summed E-state index contributed by atoms with van der Waals surface area (Å²) in [6.07, 6.45) is 5.69. The zero-order chi connectivity index (χ0) is 17.8. The lowest BCUT2D eigenvalue weighted by Gasteiger charge is -2.36. The molecular weight excluding hydrogens is 322 g/mol. The van der Waals surface area contributed by atoms with Crippen LogP contribution in [0.1, 0.15) is 43.2 Å². The van der Waals surface area contributed by atoms with E-state index in [1.807, 2.05) is 0 Å². The molecule has 3 rings (SSSR count). The zero-order valence-corrected chi connectivity index (χ0v) is 14.6. The zero-order valence-electron chi connectivity index (χ0n) is 14.6. The van der Waals surface area contributed by atoms with Crippen molar-refractivity contribution in [2.45, 2.75) is 38.6 Å². The molecule has 1 aliphatic heterocycles. The van der Waals surface area contributed by atoms with Gasteiger partial charge in [-0.25, -0.2) is 0 Å². The van der Waals surface area contributed by atoms with E-state index in [1.165, 1.54) is 13.2 Å². The first-order valence-electron chi connectivity index (χ1n) is 8.94. The van der Waals surface area contributed by atoms with E-state index in [-0.39, 0.29) is 30.3 Å². The molecule has 0 N–H and O–H groups in total. The Kier molecular flexibility index (Phi) is 5.40. The number of amides is 3. The smallest absolute Gasteiger partial charge is 0.289 e. The van der Waals surface area contributed by atoms with E-state index in [9.17, 15) is 14.4 Å². The molecule has 0 radical (unpaired) electrons. The van der Waals surface area contributed by atoms with E-state index in [0.29, 0.717) is 31.9 Å². The molecule has 0 spiro atoms. The standard InChI is InChI=1S/C18H25N3O4/c1-14(22)21(15-5-2-3-6-15)13-17(23)19-8-10-20(11-9-19)18(24)16-7-4-12-25-16/h4,7,12,15H,2-3,5-6,8-11,13H2,1H3. The molecule has 1 saturated heterocycles. The fourth-order valence-electron chi connectivity index (χ4n) is 3.67. The van der Waals surface area contributed by atoms with Gasteiger partial charge in [0.05, 0.1) is 12.8 Å². The first-order chi connectivity index (χ1) is 12.1. The molecule has 0 atom stereocenters. The van der Waals surface area contributed by atoms with E-state index in [4.69, 9.17) is 4.42 Å². The Labute approximate surface area is 147 Å². The molecule has 1 aromatic heterocycles. The van der Waals surface area contributed by atoms with Crippen LogP contribution in [-0.2, 0) is 9.59 Å². The Hall–Kier alpha value is -2.31. The summed E-state index contributed by atoms with van der Waals surface area (Å²) in [5.74, 6) is 0.108. The quantitative estimate of drug-likeness (QED) is 0.824. The minimum atomic E-state index is -0.145. The Morgan fingerprint density at radius 1 is 1.12 bits per heavy atom. The maximum absolute atomic E-state index is 12.6. The van der Waals surface area contributed by atoms with Gasteiger partial charge in [0.15, 0.2) is 5.76 Å². The summed E-state index contributed by atoms with van der Waals surface area (Å²) in [4.78, 5) is 41.9. The van der Waals surface area contributed by atoms with Crippen LogP contribution in [0.4, 0.5) is 0 Å². The fourth-order valence-corrected chi connectivity index (χ4v) is 3.67. The van der Waals surface area contributed by atoms with Crippen molar-refractivity contribution in [1.29, 1.82) is 0 Å². The van der Waals surface area contributed by atoms with Crippen LogP contribution in [0, 0.1) is 0 Å². The highest BCUT2D eigenvalue weighted by atomic mass is 16.3. The van der Waals surface area contributed by atoms with Gasteiger partial charge in [-0.1, -0.05) is 12.8 Å². The van der Waals surface area contributed by atoms with Gasteiger partial charge in [-0.15, -0.1) is 0 Å². The molecule has 2 aliphatic rings. The summed E-state index contributed by atoms with van der Waals surface area (Å²) in [6, 6.07) is 3.53. The molecule has 1 aliphatic carbocycles. The van der Waals surface area contributed by atoms with Crippen molar-refractivity contribution in [2.24, 2.45) is 0 Å². The number of nitrogens with zero attached hydrogens (tertiary/aromatic N) is 3. The van der Waals surface area contributed by atoms with E-state index in [0.717, 1.165) is 25.7 Å². The van der Waals surface area contributed by atoms with Crippen molar-refractivity contribution in [3.05, 3.63) is 24.2 Å². The third kappa shape index (κ3) is 4.03. The average molecular weight is 347 g/mol. The number of hydrogen-bond acceptors (Lipinski definition) is 4. The van der Waals surface area contributed by atoms with E-state index >= 15 is 0 Å². The number of rotatable bonds is 4. The molecule has 7 nitrogen and oxygen atoms in total. The van der Waals surface area contributed by atoms with Gasteiger partial charge in [0, 0.05) is 39.1 Å². The molecule has 3 amide bonds. The van der Waals surface area contributed by atoms with Crippen LogP contribution < -0.4 is 0 Å². The summed E-state index contributed by atoms with van der Waals surface area (Å²) in [5, 5.41) is 0. The van der Waals surface area contributed by atoms with Gasteiger partial charge in [-0.2, -0.15) is 0 Å². The summed E-state index contributed by atoms with van der Waals surface area (Å²) >= 11 is 0. The van der Waals surface area contributed by atoms with Gasteiger partial charge >= 0.3 is 0 Å². The minimum absolute atomic E-state index is 0.0350. The number of piperazine rings is 1. The molecule has 136 valence electrons. The molecule has 0 aromatic carbocycles. The highest BCUT2D eigenvalue weighted by molar-refractivity contribution is 5.91. The normalized spacial score (nSPS) is 18.4. The highest BCUT2D eigenvalue weighted by Crippen LogP contribution is 2.23. The van der Waals surface area contributed by atoms with Crippen LogP contribution in [0.5, 0.6) is 0 Å². The Balaban J connectivity index is 1.52. The van der Waals surface area contributed by atoms with Crippen LogP contribution in [0.25, 0.3) is 0 Å². The maximum Gasteiger partial charge on any atom is 0.289 e. The molecule has 7 heteroatoms. The molecule has 1 saturated carbocycles. The Bertz CT molecular complexity index is 614. The molecule has 1 aromatic rings. The van der Waals surface area contributed by atoms with Gasteiger partial charge in [0.2, 0.25) is 11.8 Å². The second-order valence-electron chi connectivity index (χ2n) is 6.74. The number of carbonyl (C=O) groups excluding carboxylic acids is 3. The summed E-state index contributed by atoms with van der Waals surface area (Å²) < 4.78 is 5.14. The first kappa shape index (κ1) is 17.5. The predicted octanol–water partition coefficient (Wildman–Crippen LogP) is 1.36. The number of carbonyl (C=O) groups is 3. The van der Waals surface area contributed by atoms with E-state index in [2.05, 4.69) is 0 Å². The maximum atomic E-state index is 12.6. The van der Waals surface area contributed by atoms with Crippen molar-refractivity contribution >= 4 is 17.7 Å². The lowest BCUT2D eigenvalue weighted by atomic mass is 10.2. The lowest BCUT2D eigenvalue weighted by Crippen LogP contribution is -2.53. The van der Waals surface area contributed by atoms with Gasteiger partial charge in [0.25, 0.3) is 5.91 Å². The van der Waals surface area contributed by atoms with Crippen molar-refractivity contribution in [2.75, 3.05) is 32.7 Å². The molecule has 0 bridgehead atoms. The summed E-state index contributed by atoms with van der Waals surface area (Å²) in [5.41, 5.74) is 0. The monoisotopic (exact) mass is 347 g/mol. The number of hydrogen-bond donors (Lipinski definition) is 0. The fraction of sp³-hybridized carbons (Fsp3) is 0.611.